The number of piperidine rings is 1. The van der Waals surface area contributed by atoms with Gasteiger partial charge in [0.2, 0.25) is 0 Å². The van der Waals surface area contributed by atoms with Crippen LogP contribution in [0.25, 0.3) is 5.69 Å². The molecule has 1 aromatic heterocycles. The fourth-order valence-electron chi connectivity index (χ4n) is 3.62. The maximum Gasteiger partial charge on any atom is 0.313 e. The number of rotatable bonds is 5. The molecule has 1 aliphatic heterocycles. The lowest BCUT2D eigenvalue weighted by Crippen LogP contribution is -2.52. The molecule has 1 amide bonds. The number of likely N-dealkylation sites (tertiary alicyclic amines) is 1. The Hall–Kier alpha value is -2.74. The molecule has 8 nitrogen and oxygen atoms in total. The summed E-state index contributed by atoms with van der Waals surface area (Å²) in [5.41, 5.74) is 1.70. The molecule has 8 heteroatoms. The number of carbonyl (C=O) groups excluding carboxylic acids is 1. The van der Waals surface area contributed by atoms with Gasteiger partial charge in [-0.1, -0.05) is 17.3 Å². The number of carboxylic acids is 1. The second-order valence-corrected chi connectivity index (χ2v) is 7.12. The molecule has 0 saturated carbocycles. The van der Waals surface area contributed by atoms with E-state index in [2.05, 4.69) is 10.3 Å². The minimum Gasteiger partial charge on any atom is -0.481 e. The van der Waals surface area contributed by atoms with Crippen molar-refractivity contribution in [2.75, 3.05) is 26.8 Å². The number of aromatic nitrogens is 3. The number of ether oxygens (including phenoxy) is 1. The van der Waals surface area contributed by atoms with Crippen LogP contribution in [-0.4, -0.2) is 63.7 Å². The molecule has 1 aliphatic rings. The molecule has 2 heterocycles. The van der Waals surface area contributed by atoms with Gasteiger partial charge in [0, 0.05) is 20.2 Å². The van der Waals surface area contributed by atoms with Gasteiger partial charge in [-0.3, -0.25) is 9.59 Å². The zero-order chi connectivity index (χ0) is 19.6. The summed E-state index contributed by atoms with van der Waals surface area (Å²) < 4.78 is 6.75. The summed E-state index contributed by atoms with van der Waals surface area (Å²) >= 11 is 0. The largest absolute Gasteiger partial charge is 0.481 e. The monoisotopic (exact) mass is 372 g/mol. The van der Waals surface area contributed by atoms with E-state index in [1.54, 1.807) is 16.5 Å². The molecule has 0 bridgehead atoms. The van der Waals surface area contributed by atoms with Crippen molar-refractivity contribution in [1.29, 1.82) is 0 Å². The Morgan fingerprint density at radius 3 is 2.78 bits per heavy atom. The van der Waals surface area contributed by atoms with Gasteiger partial charge in [0.25, 0.3) is 5.91 Å². The molecule has 2 aromatic rings. The Balaban J connectivity index is 1.87. The van der Waals surface area contributed by atoms with Gasteiger partial charge in [-0.15, -0.1) is 5.10 Å². The zero-order valence-electron chi connectivity index (χ0n) is 15.8. The van der Waals surface area contributed by atoms with E-state index in [0.29, 0.717) is 25.1 Å². The Labute approximate surface area is 157 Å². The van der Waals surface area contributed by atoms with E-state index in [0.717, 1.165) is 11.3 Å². The molecule has 1 fully saturated rings. The third-order valence-electron chi connectivity index (χ3n) is 5.08. The van der Waals surface area contributed by atoms with Crippen molar-refractivity contribution in [2.45, 2.75) is 26.7 Å². The fraction of sp³-hybridized carbons (Fsp3) is 0.474. The molecule has 1 atom stereocenters. The molecule has 1 N–H and O–H groups in total. The number of aliphatic carboxylic acids is 1. The lowest BCUT2D eigenvalue weighted by molar-refractivity contribution is -0.155. The number of hydrogen-bond donors (Lipinski definition) is 1. The summed E-state index contributed by atoms with van der Waals surface area (Å²) in [7, 11) is 1.48. The van der Waals surface area contributed by atoms with E-state index in [9.17, 15) is 14.7 Å². The van der Waals surface area contributed by atoms with E-state index in [1.165, 1.54) is 7.11 Å². The molecule has 144 valence electrons. The van der Waals surface area contributed by atoms with Crippen LogP contribution in [0.5, 0.6) is 0 Å². The predicted molar refractivity (Wildman–Crippen MR) is 97.9 cm³/mol. The Morgan fingerprint density at radius 1 is 1.33 bits per heavy atom. The maximum absolute atomic E-state index is 13.0. The van der Waals surface area contributed by atoms with Crippen LogP contribution in [0, 0.1) is 19.3 Å². The Kier molecular flexibility index (Phi) is 5.27. The van der Waals surface area contributed by atoms with Crippen molar-refractivity contribution in [3.05, 3.63) is 41.2 Å². The molecule has 27 heavy (non-hydrogen) atoms. The van der Waals surface area contributed by atoms with Gasteiger partial charge < -0.3 is 14.7 Å². The van der Waals surface area contributed by atoms with Crippen LogP contribution in [0.3, 0.4) is 0 Å². The third kappa shape index (κ3) is 3.57. The summed E-state index contributed by atoms with van der Waals surface area (Å²) in [6.07, 6.45) is 1.08. The summed E-state index contributed by atoms with van der Waals surface area (Å²) in [4.78, 5) is 26.4. The van der Waals surface area contributed by atoms with E-state index in [4.69, 9.17) is 4.74 Å². The van der Waals surface area contributed by atoms with Crippen molar-refractivity contribution in [3.63, 3.8) is 0 Å². The minimum absolute atomic E-state index is 0.0705. The molecule has 0 aliphatic carbocycles. The molecule has 1 unspecified atom stereocenters. The molecule has 1 saturated heterocycles. The van der Waals surface area contributed by atoms with Gasteiger partial charge in [0.05, 0.1) is 18.0 Å². The van der Waals surface area contributed by atoms with Gasteiger partial charge in [-0.25, -0.2) is 4.68 Å². The van der Waals surface area contributed by atoms with Gasteiger partial charge in [0.15, 0.2) is 5.69 Å². The van der Waals surface area contributed by atoms with Crippen molar-refractivity contribution in [3.8, 4) is 5.69 Å². The SMILES string of the molecule is COCC1(C(=O)O)CCCN(C(=O)c2nnn(-c3cccc(C)c3)c2C)C1. The van der Waals surface area contributed by atoms with E-state index < -0.39 is 11.4 Å². The predicted octanol–water partition coefficient (Wildman–Crippen LogP) is 1.84. The topological polar surface area (TPSA) is 97.6 Å². The number of carbonyl (C=O) groups is 2. The van der Waals surface area contributed by atoms with E-state index >= 15 is 0 Å². The highest BCUT2D eigenvalue weighted by atomic mass is 16.5. The first-order valence-electron chi connectivity index (χ1n) is 8.89. The molecule has 0 spiro atoms. The van der Waals surface area contributed by atoms with Gasteiger partial charge in [0.1, 0.15) is 5.41 Å². The fourth-order valence-corrected chi connectivity index (χ4v) is 3.62. The summed E-state index contributed by atoms with van der Waals surface area (Å²) in [5.74, 6) is -1.24. The van der Waals surface area contributed by atoms with Crippen molar-refractivity contribution in [2.24, 2.45) is 5.41 Å². The second kappa shape index (κ2) is 7.48. The summed E-state index contributed by atoms with van der Waals surface area (Å²) in [6, 6.07) is 7.77. The van der Waals surface area contributed by atoms with Gasteiger partial charge in [-0.05, 0) is 44.4 Å². The van der Waals surface area contributed by atoms with E-state index in [1.807, 2.05) is 31.2 Å². The maximum atomic E-state index is 13.0. The number of benzene rings is 1. The number of aryl methyl sites for hydroxylation is 1. The quantitative estimate of drug-likeness (QED) is 0.860. The van der Waals surface area contributed by atoms with Crippen LogP contribution in [0.15, 0.2) is 24.3 Å². The van der Waals surface area contributed by atoms with Crippen LogP contribution in [-0.2, 0) is 9.53 Å². The minimum atomic E-state index is -1.08. The summed E-state index contributed by atoms with van der Waals surface area (Å²) in [5, 5.41) is 17.9. The molecule has 0 radical (unpaired) electrons. The zero-order valence-corrected chi connectivity index (χ0v) is 15.8. The second-order valence-electron chi connectivity index (χ2n) is 7.12. The number of carboxylic acid groups (broad SMARTS) is 1. The van der Waals surface area contributed by atoms with Gasteiger partial charge in [-0.2, -0.15) is 0 Å². The smallest absolute Gasteiger partial charge is 0.313 e. The first-order valence-corrected chi connectivity index (χ1v) is 8.89. The van der Waals surface area contributed by atoms with Crippen molar-refractivity contribution < 1.29 is 19.4 Å². The van der Waals surface area contributed by atoms with E-state index in [-0.39, 0.29) is 24.8 Å². The van der Waals surface area contributed by atoms with Crippen molar-refractivity contribution >= 4 is 11.9 Å². The van der Waals surface area contributed by atoms with Crippen LogP contribution in [0.1, 0.15) is 34.6 Å². The first-order chi connectivity index (χ1) is 12.9. The summed E-state index contributed by atoms with van der Waals surface area (Å²) in [6.45, 7) is 4.44. The molecular weight excluding hydrogens is 348 g/mol. The third-order valence-corrected chi connectivity index (χ3v) is 5.08. The highest BCUT2D eigenvalue weighted by molar-refractivity contribution is 5.94. The lowest BCUT2D eigenvalue weighted by atomic mass is 9.80. The highest BCUT2D eigenvalue weighted by Gasteiger charge is 2.44. The average molecular weight is 372 g/mol. The average Bonchev–Trinajstić information content (AvgIpc) is 3.03. The van der Waals surface area contributed by atoms with Gasteiger partial charge >= 0.3 is 5.97 Å². The number of nitrogens with zero attached hydrogens (tertiary/aromatic N) is 4. The number of hydrogen-bond acceptors (Lipinski definition) is 5. The van der Waals surface area contributed by atoms with Crippen LogP contribution >= 0.6 is 0 Å². The Bertz CT molecular complexity index is 859. The van der Waals surface area contributed by atoms with Crippen LogP contribution in [0.2, 0.25) is 0 Å². The number of amides is 1. The van der Waals surface area contributed by atoms with Crippen LogP contribution < -0.4 is 0 Å². The standard InChI is InChI=1S/C19H24N4O4/c1-13-6-4-7-15(10-13)23-14(2)16(20-21-23)17(24)22-9-5-8-19(11-22,12-27-3)18(25)26/h4,6-7,10H,5,8-9,11-12H2,1-3H3,(H,25,26). The van der Waals surface area contributed by atoms with Crippen LogP contribution in [0.4, 0.5) is 0 Å². The first kappa shape index (κ1) is 19.0. The molecule has 1 aromatic carbocycles. The van der Waals surface area contributed by atoms with Crippen molar-refractivity contribution in [1.82, 2.24) is 19.9 Å². The molecular formula is C19H24N4O4. The normalized spacial score (nSPS) is 19.9. The molecule has 3 rings (SSSR count). The highest BCUT2D eigenvalue weighted by Crippen LogP contribution is 2.31. The lowest BCUT2D eigenvalue weighted by Gasteiger charge is -2.39. The Morgan fingerprint density at radius 2 is 2.11 bits per heavy atom. The number of methoxy groups -OCH3 is 1.